The van der Waals surface area contributed by atoms with Crippen LogP contribution in [0.2, 0.25) is 5.02 Å². The summed E-state index contributed by atoms with van der Waals surface area (Å²) >= 11 is 6.02. The Morgan fingerprint density at radius 1 is 1.07 bits per heavy atom. The molecule has 2 aliphatic rings. The first-order chi connectivity index (χ1) is 13.1. The number of amides is 1. The van der Waals surface area contributed by atoms with Crippen molar-refractivity contribution in [3.05, 3.63) is 58.4 Å². The van der Waals surface area contributed by atoms with Crippen molar-refractivity contribution in [1.29, 1.82) is 0 Å². The molecule has 1 saturated carbocycles. The summed E-state index contributed by atoms with van der Waals surface area (Å²) in [5.41, 5.74) is 1.29. The molecule has 0 saturated heterocycles. The van der Waals surface area contributed by atoms with Crippen molar-refractivity contribution in [2.24, 2.45) is 0 Å². The van der Waals surface area contributed by atoms with Crippen molar-refractivity contribution >= 4 is 17.5 Å². The molecule has 1 aliphatic carbocycles. The number of hydrogen-bond acceptors (Lipinski definition) is 3. The van der Waals surface area contributed by atoms with Gasteiger partial charge in [-0.1, -0.05) is 30.5 Å². The number of carbonyl (C=O) groups is 1. The van der Waals surface area contributed by atoms with E-state index in [0.29, 0.717) is 19.8 Å². The van der Waals surface area contributed by atoms with Crippen molar-refractivity contribution in [3.8, 4) is 11.5 Å². The molecule has 1 fully saturated rings. The Morgan fingerprint density at radius 2 is 1.81 bits per heavy atom. The average molecular weight is 390 g/mol. The van der Waals surface area contributed by atoms with E-state index >= 15 is 0 Å². The van der Waals surface area contributed by atoms with Crippen LogP contribution in [0.1, 0.15) is 41.6 Å². The van der Waals surface area contributed by atoms with Gasteiger partial charge in [0.15, 0.2) is 11.5 Å². The minimum atomic E-state index is -0.458. The molecule has 1 N–H and O–H groups in total. The van der Waals surface area contributed by atoms with E-state index in [-0.39, 0.29) is 21.9 Å². The first kappa shape index (κ1) is 18.1. The molecule has 27 heavy (non-hydrogen) atoms. The minimum Gasteiger partial charge on any atom is -0.486 e. The van der Waals surface area contributed by atoms with Crippen molar-refractivity contribution in [2.45, 2.75) is 31.1 Å². The highest BCUT2D eigenvalue weighted by Crippen LogP contribution is 2.43. The molecule has 0 spiro atoms. The fraction of sp³-hybridized carbons (Fsp3) is 0.381. The highest BCUT2D eigenvalue weighted by Gasteiger charge is 2.37. The summed E-state index contributed by atoms with van der Waals surface area (Å²) in [6, 6.07) is 9.86. The Labute approximate surface area is 162 Å². The van der Waals surface area contributed by atoms with Crippen molar-refractivity contribution in [2.75, 3.05) is 19.8 Å². The Bertz CT molecular complexity index is 865. The summed E-state index contributed by atoms with van der Waals surface area (Å²) in [5, 5.41) is 3.12. The van der Waals surface area contributed by atoms with E-state index in [1.807, 2.05) is 12.1 Å². The number of fused-ring (bicyclic) bond motifs is 1. The molecule has 142 valence electrons. The van der Waals surface area contributed by atoms with Gasteiger partial charge in [-0.15, -0.1) is 0 Å². The van der Waals surface area contributed by atoms with E-state index in [2.05, 4.69) is 11.4 Å². The molecule has 6 heteroatoms. The lowest BCUT2D eigenvalue weighted by atomic mass is 9.78. The van der Waals surface area contributed by atoms with Gasteiger partial charge >= 0.3 is 0 Å². The highest BCUT2D eigenvalue weighted by atomic mass is 35.5. The Hall–Kier alpha value is -2.27. The van der Waals surface area contributed by atoms with Crippen molar-refractivity contribution in [1.82, 2.24) is 5.32 Å². The van der Waals surface area contributed by atoms with Crippen LogP contribution in [0, 0.1) is 5.82 Å². The second-order valence-electron chi connectivity index (χ2n) is 7.15. The maximum Gasteiger partial charge on any atom is 0.252 e. The lowest BCUT2D eigenvalue weighted by Gasteiger charge is -2.31. The summed E-state index contributed by atoms with van der Waals surface area (Å²) in [5.74, 6) is 0.780. The van der Waals surface area contributed by atoms with Crippen LogP contribution >= 0.6 is 11.6 Å². The van der Waals surface area contributed by atoms with Gasteiger partial charge in [-0.2, -0.15) is 0 Å². The lowest BCUT2D eigenvalue weighted by Crippen LogP contribution is -2.39. The van der Waals surface area contributed by atoms with Gasteiger partial charge in [0.25, 0.3) is 5.91 Å². The molecule has 1 amide bonds. The fourth-order valence-corrected chi connectivity index (χ4v) is 4.26. The average Bonchev–Trinajstić information content (AvgIpc) is 3.16. The molecular formula is C21H21ClFNO3. The number of nitrogens with one attached hydrogen (secondary N) is 1. The molecule has 1 heterocycles. The maximum atomic E-state index is 13.2. The van der Waals surface area contributed by atoms with Gasteiger partial charge in [-0.3, -0.25) is 4.79 Å². The second-order valence-corrected chi connectivity index (χ2v) is 7.56. The summed E-state index contributed by atoms with van der Waals surface area (Å²) < 4.78 is 24.6. The maximum absolute atomic E-state index is 13.2. The normalized spacial score (nSPS) is 17.6. The monoisotopic (exact) mass is 389 g/mol. The van der Waals surface area contributed by atoms with Gasteiger partial charge in [-0.05, 0) is 48.7 Å². The smallest absolute Gasteiger partial charge is 0.252 e. The Kier molecular flexibility index (Phi) is 4.96. The van der Waals surface area contributed by atoms with Gasteiger partial charge in [0.2, 0.25) is 0 Å². The third-order valence-electron chi connectivity index (χ3n) is 5.48. The van der Waals surface area contributed by atoms with Gasteiger partial charge in [0.1, 0.15) is 19.0 Å². The van der Waals surface area contributed by atoms with E-state index in [1.54, 1.807) is 0 Å². The van der Waals surface area contributed by atoms with E-state index < -0.39 is 5.82 Å². The minimum absolute atomic E-state index is 0.118. The third kappa shape index (κ3) is 3.61. The molecule has 0 radical (unpaired) electrons. The number of hydrogen-bond donors (Lipinski definition) is 1. The van der Waals surface area contributed by atoms with Crippen LogP contribution < -0.4 is 14.8 Å². The first-order valence-corrected chi connectivity index (χ1v) is 9.59. The van der Waals surface area contributed by atoms with Crippen LogP contribution in [-0.4, -0.2) is 25.7 Å². The van der Waals surface area contributed by atoms with E-state index in [4.69, 9.17) is 21.1 Å². The van der Waals surface area contributed by atoms with E-state index in [1.165, 1.54) is 12.1 Å². The summed E-state index contributed by atoms with van der Waals surface area (Å²) in [6.07, 6.45) is 4.21. The lowest BCUT2D eigenvalue weighted by molar-refractivity contribution is 0.0943. The molecule has 4 nitrogen and oxygen atoms in total. The zero-order valence-corrected chi connectivity index (χ0v) is 15.7. The fourth-order valence-electron chi connectivity index (χ4n) is 4.01. The molecular weight excluding hydrogens is 369 g/mol. The number of halogens is 2. The summed E-state index contributed by atoms with van der Waals surface area (Å²) in [4.78, 5) is 12.6. The van der Waals surface area contributed by atoms with E-state index in [9.17, 15) is 9.18 Å². The van der Waals surface area contributed by atoms with Crippen LogP contribution in [0.3, 0.4) is 0 Å². The molecule has 1 aliphatic heterocycles. The zero-order valence-electron chi connectivity index (χ0n) is 14.9. The number of rotatable bonds is 4. The van der Waals surface area contributed by atoms with Crippen LogP contribution in [0.4, 0.5) is 4.39 Å². The molecule has 0 aromatic heterocycles. The molecule has 2 aromatic carbocycles. The van der Waals surface area contributed by atoms with Gasteiger partial charge in [0.05, 0.1) is 10.6 Å². The number of benzene rings is 2. The third-order valence-corrected chi connectivity index (χ3v) is 5.79. The van der Waals surface area contributed by atoms with Crippen LogP contribution in [0.25, 0.3) is 0 Å². The van der Waals surface area contributed by atoms with Gasteiger partial charge < -0.3 is 14.8 Å². The molecule has 0 atom stereocenters. The first-order valence-electron chi connectivity index (χ1n) is 9.21. The van der Waals surface area contributed by atoms with Crippen LogP contribution in [0.5, 0.6) is 11.5 Å². The molecule has 0 unspecified atom stereocenters. The summed E-state index contributed by atoms with van der Waals surface area (Å²) in [7, 11) is 0. The van der Waals surface area contributed by atoms with Gasteiger partial charge in [0, 0.05) is 12.0 Å². The highest BCUT2D eigenvalue weighted by molar-refractivity contribution is 6.33. The predicted molar refractivity (Wildman–Crippen MR) is 101 cm³/mol. The summed E-state index contributed by atoms with van der Waals surface area (Å²) in [6.45, 7) is 1.61. The van der Waals surface area contributed by atoms with Crippen LogP contribution in [0.15, 0.2) is 36.4 Å². The number of ether oxygens (including phenoxy) is 2. The quantitative estimate of drug-likeness (QED) is 0.838. The standard InChI is InChI=1S/C21H21ClFNO3/c22-17-12-15(23)4-5-16(17)20(25)24-13-21(7-1-2-8-21)14-3-6-18-19(11-14)27-10-9-26-18/h3-6,11-12H,1-2,7-10,13H2,(H,24,25). The molecule has 0 bridgehead atoms. The van der Waals surface area contributed by atoms with Crippen molar-refractivity contribution < 1.29 is 18.7 Å². The number of carbonyl (C=O) groups excluding carboxylic acids is 1. The second kappa shape index (κ2) is 7.39. The molecule has 4 rings (SSSR count). The zero-order chi connectivity index (χ0) is 18.9. The predicted octanol–water partition coefficient (Wildman–Crippen LogP) is 4.49. The SMILES string of the molecule is O=C(NCC1(c2ccc3c(c2)OCCO3)CCCC1)c1ccc(F)cc1Cl. The van der Waals surface area contributed by atoms with E-state index in [0.717, 1.165) is 48.8 Å². The van der Waals surface area contributed by atoms with Crippen LogP contribution in [-0.2, 0) is 5.41 Å². The van der Waals surface area contributed by atoms with Gasteiger partial charge in [-0.25, -0.2) is 4.39 Å². The Balaban J connectivity index is 1.55. The largest absolute Gasteiger partial charge is 0.486 e. The topological polar surface area (TPSA) is 47.6 Å². The Morgan fingerprint density at radius 3 is 2.56 bits per heavy atom. The van der Waals surface area contributed by atoms with Crippen molar-refractivity contribution in [3.63, 3.8) is 0 Å². The molecule has 2 aromatic rings.